The molecule has 5 heteroatoms. The van der Waals surface area contributed by atoms with E-state index in [0.717, 1.165) is 31.6 Å². The summed E-state index contributed by atoms with van der Waals surface area (Å²) in [7, 11) is 2.12. The number of nitrogens with zero attached hydrogens (tertiary/aromatic N) is 2. The number of hydrogen-bond donors (Lipinski definition) is 2. The number of carbonyl (C=O) groups is 1. The van der Waals surface area contributed by atoms with Gasteiger partial charge in [-0.15, -0.1) is 0 Å². The zero-order valence-corrected chi connectivity index (χ0v) is 12.5. The lowest BCUT2D eigenvalue weighted by molar-refractivity contribution is 0.0543. The lowest BCUT2D eigenvalue weighted by Gasteiger charge is -2.39. The summed E-state index contributed by atoms with van der Waals surface area (Å²) in [4.78, 5) is 16.9. The fourth-order valence-electron chi connectivity index (χ4n) is 2.71. The predicted octanol–water partition coefficient (Wildman–Crippen LogP) is 1.45. The van der Waals surface area contributed by atoms with Gasteiger partial charge in [-0.2, -0.15) is 0 Å². The van der Waals surface area contributed by atoms with Crippen molar-refractivity contribution in [2.75, 3.05) is 32.1 Å². The summed E-state index contributed by atoms with van der Waals surface area (Å²) in [6, 6.07) is 6.14. The van der Waals surface area contributed by atoms with Gasteiger partial charge in [0, 0.05) is 25.7 Å². The Hall–Kier alpha value is -1.59. The highest BCUT2D eigenvalue weighted by atomic mass is 16.2. The minimum atomic E-state index is 0.0597. The standard InChI is InChI=1S/C15H24N4O/c1-4-12-10-19(8-7-18(12)3)15(20)13-6-5-11(2)9-14(13)17-16/h5-6,9,12,17H,4,7-8,10,16H2,1-3H3. The van der Waals surface area contributed by atoms with E-state index in [1.54, 1.807) is 0 Å². The maximum Gasteiger partial charge on any atom is 0.256 e. The highest BCUT2D eigenvalue weighted by Gasteiger charge is 2.27. The normalized spacial score (nSPS) is 20.0. The van der Waals surface area contributed by atoms with Crippen molar-refractivity contribution in [3.05, 3.63) is 29.3 Å². The number of hydrogen-bond acceptors (Lipinski definition) is 4. The monoisotopic (exact) mass is 276 g/mol. The average Bonchev–Trinajstić information content (AvgIpc) is 2.46. The summed E-state index contributed by atoms with van der Waals surface area (Å²) in [5.41, 5.74) is 5.06. The van der Waals surface area contributed by atoms with Crippen LogP contribution in [0.1, 0.15) is 29.3 Å². The third-order valence-corrected chi connectivity index (χ3v) is 4.10. The van der Waals surface area contributed by atoms with E-state index in [0.29, 0.717) is 17.3 Å². The number of likely N-dealkylation sites (N-methyl/N-ethyl adjacent to an activating group) is 1. The summed E-state index contributed by atoms with van der Waals surface area (Å²) < 4.78 is 0. The van der Waals surface area contributed by atoms with Gasteiger partial charge in [-0.05, 0) is 38.1 Å². The zero-order valence-electron chi connectivity index (χ0n) is 12.5. The van der Waals surface area contributed by atoms with Gasteiger partial charge in [0.25, 0.3) is 5.91 Å². The number of anilines is 1. The summed E-state index contributed by atoms with van der Waals surface area (Å²) in [5.74, 6) is 5.59. The molecule has 2 rings (SSSR count). The first-order chi connectivity index (χ1) is 9.56. The van der Waals surface area contributed by atoms with E-state index in [9.17, 15) is 4.79 Å². The molecule has 20 heavy (non-hydrogen) atoms. The molecule has 110 valence electrons. The molecule has 0 bridgehead atoms. The van der Waals surface area contributed by atoms with Crippen molar-refractivity contribution < 1.29 is 4.79 Å². The molecule has 1 heterocycles. The number of nitrogens with two attached hydrogens (primary N) is 1. The molecule has 1 aromatic rings. The van der Waals surface area contributed by atoms with Crippen molar-refractivity contribution in [3.8, 4) is 0 Å². The van der Waals surface area contributed by atoms with Gasteiger partial charge in [-0.1, -0.05) is 13.0 Å². The summed E-state index contributed by atoms with van der Waals surface area (Å²) in [5, 5.41) is 0. The van der Waals surface area contributed by atoms with Crippen molar-refractivity contribution in [1.82, 2.24) is 9.80 Å². The van der Waals surface area contributed by atoms with E-state index in [2.05, 4.69) is 24.3 Å². The number of nitrogen functional groups attached to an aromatic ring is 1. The van der Waals surface area contributed by atoms with Gasteiger partial charge in [-0.25, -0.2) is 0 Å². The van der Waals surface area contributed by atoms with E-state index in [-0.39, 0.29) is 5.91 Å². The second-order valence-corrected chi connectivity index (χ2v) is 5.49. The van der Waals surface area contributed by atoms with E-state index in [1.165, 1.54) is 0 Å². The smallest absolute Gasteiger partial charge is 0.256 e. The van der Waals surface area contributed by atoms with Crippen LogP contribution in [0.4, 0.5) is 5.69 Å². The maximum atomic E-state index is 12.7. The van der Waals surface area contributed by atoms with Gasteiger partial charge < -0.3 is 10.3 Å². The van der Waals surface area contributed by atoms with E-state index in [1.807, 2.05) is 30.0 Å². The zero-order chi connectivity index (χ0) is 14.7. The lowest BCUT2D eigenvalue weighted by atomic mass is 10.1. The summed E-state index contributed by atoms with van der Waals surface area (Å²) in [6.07, 6.45) is 1.05. The van der Waals surface area contributed by atoms with Crippen LogP contribution in [-0.2, 0) is 0 Å². The molecule has 0 aromatic heterocycles. The molecule has 1 atom stereocenters. The van der Waals surface area contributed by atoms with Crippen LogP contribution in [0.15, 0.2) is 18.2 Å². The minimum Gasteiger partial charge on any atom is -0.336 e. The Morgan fingerprint density at radius 1 is 1.45 bits per heavy atom. The van der Waals surface area contributed by atoms with Gasteiger partial charge in [0.2, 0.25) is 0 Å². The van der Waals surface area contributed by atoms with Crippen LogP contribution < -0.4 is 11.3 Å². The van der Waals surface area contributed by atoms with E-state index in [4.69, 9.17) is 5.84 Å². The molecular weight excluding hydrogens is 252 g/mol. The number of rotatable bonds is 3. The molecule has 1 aliphatic rings. The third kappa shape index (κ3) is 2.94. The average molecular weight is 276 g/mol. The number of hydrazine groups is 1. The molecule has 1 fully saturated rings. The van der Waals surface area contributed by atoms with Crippen LogP contribution in [0.3, 0.4) is 0 Å². The van der Waals surface area contributed by atoms with Crippen molar-refractivity contribution >= 4 is 11.6 Å². The molecule has 1 aliphatic heterocycles. The predicted molar refractivity (Wildman–Crippen MR) is 81.6 cm³/mol. The van der Waals surface area contributed by atoms with Gasteiger partial charge in [0.05, 0.1) is 11.3 Å². The van der Waals surface area contributed by atoms with Crippen LogP contribution in [0.25, 0.3) is 0 Å². The highest BCUT2D eigenvalue weighted by molar-refractivity contribution is 5.99. The molecule has 0 saturated carbocycles. The first-order valence-corrected chi connectivity index (χ1v) is 7.13. The number of carbonyl (C=O) groups excluding carboxylic acids is 1. The lowest BCUT2D eigenvalue weighted by Crippen LogP contribution is -2.53. The molecule has 1 amide bonds. The molecule has 1 unspecified atom stereocenters. The van der Waals surface area contributed by atoms with Crippen LogP contribution in [0, 0.1) is 6.92 Å². The highest BCUT2D eigenvalue weighted by Crippen LogP contribution is 2.20. The Kier molecular flexibility index (Phi) is 4.62. The second-order valence-electron chi connectivity index (χ2n) is 5.49. The molecular formula is C15H24N4O. The molecule has 5 nitrogen and oxygen atoms in total. The van der Waals surface area contributed by atoms with Crippen LogP contribution in [0.5, 0.6) is 0 Å². The fraction of sp³-hybridized carbons (Fsp3) is 0.533. The summed E-state index contributed by atoms with van der Waals surface area (Å²) >= 11 is 0. The van der Waals surface area contributed by atoms with Crippen molar-refractivity contribution in [3.63, 3.8) is 0 Å². The van der Waals surface area contributed by atoms with Crippen LogP contribution in [-0.4, -0.2) is 48.4 Å². The Bertz CT molecular complexity index is 489. The summed E-state index contributed by atoms with van der Waals surface area (Å²) in [6.45, 7) is 6.61. The van der Waals surface area contributed by atoms with Gasteiger partial charge >= 0.3 is 0 Å². The van der Waals surface area contributed by atoms with Crippen LogP contribution in [0.2, 0.25) is 0 Å². The van der Waals surface area contributed by atoms with Gasteiger partial charge in [0.1, 0.15) is 0 Å². The number of piperazine rings is 1. The third-order valence-electron chi connectivity index (χ3n) is 4.10. The molecule has 1 aromatic carbocycles. The van der Waals surface area contributed by atoms with Gasteiger partial charge in [0.15, 0.2) is 0 Å². The molecule has 1 saturated heterocycles. The number of benzene rings is 1. The molecule has 0 aliphatic carbocycles. The molecule has 3 N–H and O–H groups in total. The number of amides is 1. The van der Waals surface area contributed by atoms with Crippen molar-refractivity contribution in [1.29, 1.82) is 0 Å². The van der Waals surface area contributed by atoms with Gasteiger partial charge in [-0.3, -0.25) is 15.5 Å². The Labute approximate surface area is 120 Å². The van der Waals surface area contributed by atoms with Crippen molar-refractivity contribution in [2.24, 2.45) is 5.84 Å². The minimum absolute atomic E-state index is 0.0597. The quantitative estimate of drug-likeness (QED) is 0.648. The van der Waals surface area contributed by atoms with Crippen molar-refractivity contribution in [2.45, 2.75) is 26.3 Å². The number of nitrogens with one attached hydrogen (secondary N) is 1. The molecule has 0 radical (unpaired) electrons. The SMILES string of the molecule is CCC1CN(C(=O)c2ccc(C)cc2NN)CCN1C. The fourth-order valence-corrected chi connectivity index (χ4v) is 2.71. The Morgan fingerprint density at radius 2 is 2.20 bits per heavy atom. The maximum absolute atomic E-state index is 12.7. The Balaban J connectivity index is 2.19. The molecule has 0 spiro atoms. The first kappa shape index (κ1) is 14.8. The number of aryl methyl sites for hydroxylation is 1. The largest absolute Gasteiger partial charge is 0.336 e. The Morgan fingerprint density at radius 3 is 2.85 bits per heavy atom. The van der Waals surface area contributed by atoms with E-state index >= 15 is 0 Å². The first-order valence-electron chi connectivity index (χ1n) is 7.13. The second kappa shape index (κ2) is 6.24. The van der Waals surface area contributed by atoms with E-state index < -0.39 is 0 Å². The topological polar surface area (TPSA) is 61.6 Å². The van der Waals surface area contributed by atoms with Crippen LogP contribution >= 0.6 is 0 Å².